The van der Waals surface area contributed by atoms with Crippen LogP contribution in [-0.2, 0) is 17.1 Å². The van der Waals surface area contributed by atoms with E-state index in [-0.39, 0.29) is 34.9 Å². The van der Waals surface area contributed by atoms with E-state index in [0.717, 1.165) is 16.9 Å². The molecule has 0 spiro atoms. The lowest BCUT2D eigenvalue weighted by molar-refractivity contribution is -0.141. The number of benzene rings is 2. The summed E-state index contributed by atoms with van der Waals surface area (Å²) in [6.07, 6.45) is 1.46. The summed E-state index contributed by atoms with van der Waals surface area (Å²) in [5.41, 5.74) is 0.759. The van der Waals surface area contributed by atoms with Crippen LogP contribution in [-0.4, -0.2) is 22.7 Å². The molecule has 0 saturated carbocycles. The van der Waals surface area contributed by atoms with Gasteiger partial charge in [0.05, 0.1) is 16.8 Å². The number of aromatic hydroxyl groups is 2. The van der Waals surface area contributed by atoms with Gasteiger partial charge in [-0.1, -0.05) is 19.4 Å². The lowest BCUT2D eigenvalue weighted by Crippen LogP contribution is -2.34. The Morgan fingerprint density at radius 2 is 1.69 bits per heavy atom. The lowest BCUT2D eigenvalue weighted by Gasteiger charge is -2.18. The number of amides is 1. The number of alkyl halides is 2. The van der Waals surface area contributed by atoms with Gasteiger partial charge in [-0.3, -0.25) is 4.79 Å². The van der Waals surface area contributed by atoms with Crippen molar-refractivity contribution in [3.05, 3.63) is 41.0 Å². The first kappa shape index (κ1) is 18.2. The van der Waals surface area contributed by atoms with Crippen molar-refractivity contribution >= 4 is 11.6 Å². The molecule has 0 aliphatic carbocycles. The lowest BCUT2D eigenvalue weighted by atomic mass is 9.89. The summed E-state index contributed by atoms with van der Waals surface area (Å²) in [4.78, 5) is 13.2. The van der Waals surface area contributed by atoms with Crippen LogP contribution in [0.25, 0.3) is 11.1 Å². The minimum atomic E-state index is -3.71. The number of halogens is 2. The second-order valence-corrected chi connectivity index (χ2v) is 6.53. The molecule has 2 aromatic rings. The molecule has 138 valence electrons. The van der Waals surface area contributed by atoms with Crippen LogP contribution in [0.15, 0.2) is 24.3 Å². The molecule has 0 atom stereocenters. The predicted molar refractivity (Wildman–Crippen MR) is 95.9 cm³/mol. The summed E-state index contributed by atoms with van der Waals surface area (Å²) >= 11 is 0. The molecule has 0 unspecified atom stereocenters. The average molecular weight is 361 g/mol. The fourth-order valence-corrected chi connectivity index (χ4v) is 3.62. The highest BCUT2D eigenvalue weighted by molar-refractivity contribution is 6.09. The van der Waals surface area contributed by atoms with E-state index in [2.05, 4.69) is 0 Å². The van der Waals surface area contributed by atoms with Crippen LogP contribution in [0.3, 0.4) is 0 Å². The number of carbonyl (C=O) groups is 1. The number of phenols is 2. The van der Waals surface area contributed by atoms with Gasteiger partial charge in [0.15, 0.2) is 0 Å². The van der Waals surface area contributed by atoms with Crippen LogP contribution in [0.2, 0.25) is 0 Å². The molecule has 1 aliphatic heterocycles. The molecule has 1 heterocycles. The molecule has 1 aliphatic rings. The Bertz CT molecular complexity index is 870. The third-order valence-electron chi connectivity index (χ3n) is 4.77. The number of hydrogen-bond donors (Lipinski definition) is 2. The molecule has 0 aromatic heterocycles. The maximum absolute atomic E-state index is 14.8. The Morgan fingerprint density at radius 3 is 2.23 bits per heavy atom. The highest BCUT2D eigenvalue weighted by atomic mass is 19.3. The van der Waals surface area contributed by atoms with Crippen LogP contribution in [0, 0.1) is 6.92 Å². The van der Waals surface area contributed by atoms with Crippen molar-refractivity contribution in [2.45, 2.75) is 39.5 Å². The predicted octanol–water partition coefficient (Wildman–Crippen LogP) is 4.48. The van der Waals surface area contributed by atoms with Crippen molar-refractivity contribution in [1.82, 2.24) is 0 Å². The number of likely N-dealkylation sites (N-methyl/N-ethyl adjacent to an activating group) is 1. The third-order valence-corrected chi connectivity index (χ3v) is 4.77. The van der Waals surface area contributed by atoms with Gasteiger partial charge in [0.2, 0.25) is 0 Å². The average Bonchev–Trinajstić information content (AvgIpc) is 2.76. The van der Waals surface area contributed by atoms with E-state index in [4.69, 9.17) is 0 Å². The zero-order valence-electron chi connectivity index (χ0n) is 14.9. The number of hydrogen-bond acceptors (Lipinski definition) is 3. The highest BCUT2D eigenvalue weighted by Gasteiger charge is 2.54. The van der Waals surface area contributed by atoms with Crippen molar-refractivity contribution in [1.29, 1.82) is 0 Å². The van der Waals surface area contributed by atoms with Gasteiger partial charge in [-0.2, -0.15) is 8.78 Å². The van der Waals surface area contributed by atoms with Gasteiger partial charge >= 0.3 is 11.8 Å². The number of aryl methyl sites for hydroxylation is 2. The summed E-state index contributed by atoms with van der Waals surface area (Å²) in [7, 11) is 0. The molecule has 0 bridgehead atoms. The van der Waals surface area contributed by atoms with Gasteiger partial charge < -0.3 is 15.1 Å². The maximum atomic E-state index is 14.8. The second-order valence-electron chi connectivity index (χ2n) is 6.53. The fourth-order valence-electron chi connectivity index (χ4n) is 3.62. The fraction of sp³-hybridized carbons (Fsp3) is 0.350. The monoisotopic (exact) mass is 361 g/mol. The molecule has 6 heteroatoms. The Hall–Kier alpha value is -2.63. The van der Waals surface area contributed by atoms with Gasteiger partial charge in [0.1, 0.15) is 11.5 Å². The summed E-state index contributed by atoms with van der Waals surface area (Å²) in [5, 5.41) is 20.9. The number of fused-ring (bicyclic) bond motifs is 1. The van der Waals surface area contributed by atoms with Gasteiger partial charge in [0, 0.05) is 12.1 Å². The van der Waals surface area contributed by atoms with Crippen molar-refractivity contribution in [2.24, 2.45) is 0 Å². The van der Waals surface area contributed by atoms with Crippen LogP contribution in [0.4, 0.5) is 14.5 Å². The molecule has 1 amide bonds. The zero-order chi connectivity index (χ0) is 19.2. The Kier molecular flexibility index (Phi) is 4.38. The first-order valence-electron chi connectivity index (χ1n) is 8.63. The summed E-state index contributed by atoms with van der Waals surface area (Å²) in [6, 6.07) is 6.05. The van der Waals surface area contributed by atoms with E-state index < -0.39 is 17.4 Å². The Morgan fingerprint density at radius 1 is 1.08 bits per heavy atom. The van der Waals surface area contributed by atoms with E-state index in [0.29, 0.717) is 12.0 Å². The standard InChI is InChI=1S/C20H21F2NO3/c1-4-6-12-9-14(24)17(15(25)10-12)16-11(3)7-8-13-18(16)20(21,22)19(26)23(13)5-2/h7-10,24-25H,4-6H2,1-3H3. The molecule has 4 nitrogen and oxygen atoms in total. The summed E-state index contributed by atoms with van der Waals surface area (Å²) in [5.74, 6) is -5.55. The van der Waals surface area contributed by atoms with Crippen molar-refractivity contribution in [3.63, 3.8) is 0 Å². The summed E-state index contributed by atoms with van der Waals surface area (Å²) < 4.78 is 29.6. The topological polar surface area (TPSA) is 60.8 Å². The number of rotatable bonds is 4. The minimum Gasteiger partial charge on any atom is -0.507 e. The molecule has 0 radical (unpaired) electrons. The normalized spacial score (nSPS) is 15.4. The molecule has 26 heavy (non-hydrogen) atoms. The Balaban J connectivity index is 2.33. The number of anilines is 1. The Labute approximate surface area is 150 Å². The summed E-state index contributed by atoms with van der Waals surface area (Å²) in [6.45, 7) is 5.31. The number of nitrogens with zero attached hydrogens (tertiary/aromatic N) is 1. The van der Waals surface area contributed by atoms with Crippen molar-refractivity contribution in [2.75, 3.05) is 11.4 Å². The molecule has 0 saturated heterocycles. The third kappa shape index (κ3) is 2.52. The van der Waals surface area contributed by atoms with E-state index >= 15 is 0 Å². The number of phenolic OH excluding ortho intramolecular Hbond substituents is 2. The first-order chi connectivity index (χ1) is 12.2. The van der Waals surface area contributed by atoms with E-state index in [1.165, 1.54) is 18.2 Å². The molecular weight excluding hydrogens is 340 g/mol. The van der Waals surface area contributed by atoms with Gasteiger partial charge in [-0.05, 0) is 49.6 Å². The van der Waals surface area contributed by atoms with Crippen molar-refractivity contribution < 1.29 is 23.8 Å². The molecule has 0 fully saturated rings. The SMILES string of the molecule is CCCc1cc(O)c(-c2c(C)ccc3c2C(F)(F)C(=O)N3CC)c(O)c1. The molecular formula is C20H21F2NO3. The first-order valence-corrected chi connectivity index (χ1v) is 8.63. The van der Waals surface area contributed by atoms with E-state index in [1.807, 2.05) is 6.92 Å². The maximum Gasteiger partial charge on any atom is 0.352 e. The zero-order valence-corrected chi connectivity index (χ0v) is 14.9. The van der Waals surface area contributed by atoms with Gasteiger partial charge in [-0.15, -0.1) is 0 Å². The van der Waals surface area contributed by atoms with Crippen LogP contribution < -0.4 is 4.90 Å². The smallest absolute Gasteiger partial charge is 0.352 e. The van der Waals surface area contributed by atoms with E-state index in [1.54, 1.807) is 19.9 Å². The molecule has 2 aromatic carbocycles. The van der Waals surface area contributed by atoms with Gasteiger partial charge in [0.25, 0.3) is 0 Å². The quantitative estimate of drug-likeness (QED) is 0.844. The molecule has 2 N–H and O–H groups in total. The van der Waals surface area contributed by atoms with Crippen LogP contribution in [0.1, 0.15) is 37.0 Å². The van der Waals surface area contributed by atoms with Crippen LogP contribution in [0.5, 0.6) is 11.5 Å². The van der Waals surface area contributed by atoms with Crippen LogP contribution >= 0.6 is 0 Å². The minimum absolute atomic E-state index is 0.00912. The largest absolute Gasteiger partial charge is 0.507 e. The highest BCUT2D eigenvalue weighted by Crippen LogP contribution is 2.53. The number of carbonyl (C=O) groups excluding carboxylic acids is 1. The van der Waals surface area contributed by atoms with Gasteiger partial charge in [-0.25, -0.2) is 0 Å². The second kappa shape index (κ2) is 6.27. The van der Waals surface area contributed by atoms with E-state index in [9.17, 15) is 23.8 Å². The van der Waals surface area contributed by atoms with Crippen molar-refractivity contribution in [3.8, 4) is 22.6 Å². The molecule has 3 rings (SSSR count).